The number of pyridine rings is 1. The average Bonchev–Trinajstić information content (AvgIpc) is 2.88. The van der Waals surface area contributed by atoms with Crippen molar-refractivity contribution in [2.45, 2.75) is 46.0 Å². The van der Waals surface area contributed by atoms with E-state index < -0.39 is 0 Å². The van der Waals surface area contributed by atoms with Crippen molar-refractivity contribution in [2.75, 3.05) is 26.2 Å². The summed E-state index contributed by atoms with van der Waals surface area (Å²) in [6.07, 6.45) is 13.1. The summed E-state index contributed by atoms with van der Waals surface area (Å²) < 4.78 is 0. The van der Waals surface area contributed by atoms with Crippen LogP contribution in [0.3, 0.4) is 0 Å². The number of halogens is 2. The normalized spacial score (nSPS) is 17.3. The first-order chi connectivity index (χ1) is 14.6. The number of piperidine rings is 1. The molecule has 0 radical (unpaired) electrons. The Balaban J connectivity index is 0.00000272. The van der Waals surface area contributed by atoms with Gasteiger partial charge in [0.25, 0.3) is 0 Å². The van der Waals surface area contributed by atoms with Gasteiger partial charge in [0.15, 0.2) is 0 Å². The van der Waals surface area contributed by atoms with Crippen LogP contribution < -0.4 is 0 Å². The summed E-state index contributed by atoms with van der Waals surface area (Å²) in [6, 6.07) is 8.56. The van der Waals surface area contributed by atoms with Crippen molar-refractivity contribution < 1.29 is 15.7 Å². The van der Waals surface area contributed by atoms with Crippen LogP contribution in [0.1, 0.15) is 47.1 Å². The van der Waals surface area contributed by atoms with Crippen LogP contribution in [0.4, 0.5) is 0 Å². The van der Waals surface area contributed by atoms with E-state index in [2.05, 4.69) is 48.0 Å². The van der Waals surface area contributed by atoms with E-state index in [-0.39, 0.29) is 41.7 Å². The fourth-order valence-electron chi connectivity index (χ4n) is 4.72. The predicted octanol–water partition coefficient (Wildman–Crippen LogP) is 3.59. The van der Waals surface area contributed by atoms with Gasteiger partial charge in [-0.25, -0.2) is 0 Å². The lowest BCUT2D eigenvalue weighted by atomic mass is 9.96. The van der Waals surface area contributed by atoms with Gasteiger partial charge < -0.3 is 20.8 Å². The molecule has 1 fully saturated rings. The van der Waals surface area contributed by atoms with Gasteiger partial charge in [-0.3, -0.25) is 9.78 Å². The van der Waals surface area contributed by atoms with Gasteiger partial charge in [0.05, 0.1) is 6.42 Å². The molecule has 4 N–H and O–H groups in total. The third-order valence-electron chi connectivity index (χ3n) is 6.57. The first kappa shape index (κ1) is 32.0. The summed E-state index contributed by atoms with van der Waals surface area (Å²) in [6.45, 7) is 8.49. The van der Waals surface area contributed by atoms with Crippen molar-refractivity contribution in [3.05, 3.63) is 70.7 Å². The van der Waals surface area contributed by atoms with Gasteiger partial charge >= 0.3 is 0 Å². The third kappa shape index (κ3) is 8.36. The van der Waals surface area contributed by atoms with E-state index in [4.69, 9.17) is 0 Å². The molecule has 2 aliphatic rings. The zero-order chi connectivity index (χ0) is 20.9. The minimum absolute atomic E-state index is 0. The summed E-state index contributed by atoms with van der Waals surface area (Å²) in [7, 11) is 0. The lowest BCUT2D eigenvalue weighted by Gasteiger charge is -2.34. The molecule has 34 heavy (non-hydrogen) atoms. The topological polar surface area (TPSA) is 99.4 Å². The highest BCUT2D eigenvalue weighted by atomic mass is 35.5. The zero-order valence-corrected chi connectivity index (χ0v) is 21.8. The Morgan fingerprint density at radius 1 is 1.12 bits per heavy atom. The smallest absolute Gasteiger partial charge is 0.230 e. The molecule has 0 spiro atoms. The Morgan fingerprint density at radius 2 is 1.88 bits per heavy atom. The number of benzene rings is 1. The van der Waals surface area contributed by atoms with E-state index in [1.807, 2.05) is 29.6 Å². The van der Waals surface area contributed by atoms with Gasteiger partial charge in [0.1, 0.15) is 0 Å². The Kier molecular flexibility index (Phi) is 14.2. The summed E-state index contributed by atoms with van der Waals surface area (Å²) in [5, 5.41) is 0. The maximum absolute atomic E-state index is 12.9. The van der Waals surface area contributed by atoms with E-state index in [1.165, 1.54) is 41.6 Å². The minimum Gasteiger partial charge on any atom is -0.412 e. The molecule has 190 valence electrons. The second-order valence-electron chi connectivity index (χ2n) is 8.95. The van der Waals surface area contributed by atoms with E-state index in [9.17, 15) is 4.79 Å². The number of aromatic nitrogens is 1. The number of nitrogens with zero attached hydrogens (tertiary/aromatic N) is 3. The Morgan fingerprint density at radius 3 is 2.62 bits per heavy atom. The molecule has 1 saturated heterocycles. The van der Waals surface area contributed by atoms with Crippen molar-refractivity contribution in [2.24, 2.45) is 5.92 Å². The summed E-state index contributed by atoms with van der Waals surface area (Å²) in [5.41, 5.74) is 6.21. The van der Waals surface area contributed by atoms with Crippen LogP contribution in [0, 0.1) is 19.8 Å². The second kappa shape index (κ2) is 15.1. The number of carbonyl (C=O) groups excluding carboxylic acids is 1. The molecule has 2 aliphatic heterocycles. The monoisotopic (exact) mass is 511 g/mol. The molecular formula is C26H39Cl2N3O3. The third-order valence-corrected chi connectivity index (χ3v) is 6.57. The number of rotatable bonds is 6. The van der Waals surface area contributed by atoms with Crippen LogP contribution in [-0.2, 0) is 17.6 Å². The number of hydrogen-bond acceptors (Lipinski definition) is 3. The molecule has 2 aromatic rings. The van der Waals surface area contributed by atoms with Gasteiger partial charge in [0, 0.05) is 31.7 Å². The Hall–Kier alpha value is -1.96. The van der Waals surface area contributed by atoms with Crippen LogP contribution in [0.15, 0.2) is 42.9 Å². The SMILES string of the molecule is Cc1cc2c(cc1C)CC(=O)N(CC1CCCN(CCCc3cccnc3)C1)C=C2.Cl.Cl.O.O. The number of hydrogen-bond donors (Lipinski definition) is 0. The average molecular weight is 513 g/mol. The molecular weight excluding hydrogens is 473 g/mol. The van der Waals surface area contributed by atoms with Gasteiger partial charge in [-0.1, -0.05) is 18.2 Å². The minimum atomic E-state index is 0. The van der Waals surface area contributed by atoms with Gasteiger partial charge in [-0.2, -0.15) is 0 Å². The highest BCUT2D eigenvalue weighted by Gasteiger charge is 2.25. The highest BCUT2D eigenvalue weighted by molar-refractivity contribution is 5.85. The van der Waals surface area contributed by atoms with Gasteiger partial charge in [-0.15, -0.1) is 24.8 Å². The van der Waals surface area contributed by atoms with Crippen molar-refractivity contribution in [1.29, 1.82) is 0 Å². The molecule has 8 heteroatoms. The molecule has 0 aliphatic carbocycles. The lowest BCUT2D eigenvalue weighted by molar-refractivity contribution is -0.128. The molecule has 0 bridgehead atoms. The summed E-state index contributed by atoms with van der Waals surface area (Å²) in [5.74, 6) is 0.775. The maximum atomic E-state index is 12.9. The van der Waals surface area contributed by atoms with Crippen molar-refractivity contribution in [3.63, 3.8) is 0 Å². The molecule has 1 unspecified atom stereocenters. The van der Waals surface area contributed by atoms with E-state index in [0.717, 1.165) is 38.0 Å². The molecule has 1 amide bonds. The lowest BCUT2D eigenvalue weighted by Crippen LogP contribution is -2.41. The number of amides is 1. The fraction of sp³-hybridized carbons (Fsp3) is 0.462. The fourth-order valence-corrected chi connectivity index (χ4v) is 4.72. The molecule has 3 heterocycles. The molecule has 4 rings (SSSR count). The van der Waals surface area contributed by atoms with Crippen LogP contribution in [0.25, 0.3) is 6.08 Å². The molecule has 0 saturated carbocycles. The van der Waals surface area contributed by atoms with Crippen LogP contribution in [-0.4, -0.2) is 57.8 Å². The van der Waals surface area contributed by atoms with Gasteiger partial charge in [0.2, 0.25) is 5.91 Å². The molecule has 6 nitrogen and oxygen atoms in total. The number of aryl methyl sites for hydroxylation is 3. The molecule has 1 atom stereocenters. The van der Waals surface area contributed by atoms with Gasteiger partial charge in [-0.05, 0) is 98.5 Å². The number of carbonyl (C=O) groups is 1. The standard InChI is InChI=1S/C26H33N3O.2ClH.2H2O/c1-20-14-24-9-13-29(26(30)16-25(24)15-21(20)2)19-23-8-5-12-28(18-23)11-4-7-22-6-3-10-27-17-22;;;;/h3,6,9-10,13-15,17,23H,4-5,7-8,11-12,16,18-19H2,1-2H3;2*1H;2*1H2. The molecule has 1 aromatic heterocycles. The van der Waals surface area contributed by atoms with E-state index >= 15 is 0 Å². The maximum Gasteiger partial charge on any atom is 0.230 e. The number of likely N-dealkylation sites (tertiary alicyclic amines) is 1. The molecule has 1 aromatic carbocycles. The summed E-state index contributed by atoms with van der Waals surface area (Å²) >= 11 is 0. The first-order valence-electron chi connectivity index (χ1n) is 11.3. The van der Waals surface area contributed by atoms with E-state index in [0.29, 0.717) is 12.3 Å². The number of fused-ring (bicyclic) bond motifs is 1. The summed E-state index contributed by atoms with van der Waals surface area (Å²) in [4.78, 5) is 21.7. The Labute approximate surface area is 215 Å². The first-order valence-corrected chi connectivity index (χ1v) is 11.3. The predicted molar refractivity (Wildman–Crippen MR) is 144 cm³/mol. The second-order valence-corrected chi connectivity index (χ2v) is 8.95. The van der Waals surface area contributed by atoms with Crippen LogP contribution in [0.5, 0.6) is 0 Å². The zero-order valence-electron chi connectivity index (χ0n) is 20.1. The highest BCUT2D eigenvalue weighted by Crippen LogP contribution is 2.24. The largest absolute Gasteiger partial charge is 0.412 e. The van der Waals surface area contributed by atoms with E-state index in [1.54, 1.807) is 0 Å². The van der Waals surface area contributed by atoms with Crippen LogP contribution in [0.2, 0.25) is 0 Å². The van der Waals surface area contributed by atoms with Crippen LogP contribution >= 0.6 is 24.8 Å². The quantitative estimate of drug-likeness (QED) is 0.591. The van der Waals surface area contributed by atoms with Crippen molar-refractivity contribution in [1.82, 2.24) is 14.8 Å². The van der Waals surface area contributed by atoms with Crippen molar-refractivity contribution in [3.8, 4) is 0 Å². The Bertz CT molecular complexity index is 925. The van der Waals surface area contributed by atoms with Crippen molar-refractivity contribution >= 4 is 36.8 Å².